The molecule has 2 aromatic rings. The van der Waals surface area contributed by atoms with E-state index >= 15 is 0 Å². The zero-order chi connectivity index (χ0) is 14.5. The van der Waals surface area contributed by atoms with Gasteiger partial charge in [-0.05, 0) is 35.7 Å². The lowest BCUT2D eigenvalue weighted by molar-refractivity contribution is 0.0952. The number of benzene rings is 2. The van der Waals surface area contributed by atoms with Gasteiger partial charge in [-0.2, -0.15) is 0 Å². The highest BCUT2D eigenvalue weighted by Gasteiger charge is 2.09. The molecule has 0 atom stereocenters. The molecule has 1 amide bonds. The van der Waals surface area contributed by atoms with Crippen molar-refractivity contribution in [2.75, 3.05) is 5.73 Å². The third kappa shape index (κ3) is 3.52. The largest absolute Gasteiger partial charge is 0.398 e. The van der Waals surface area contributed by atoms with Crippen LogP contribution in [-0.2, 0) is 13.0 Å². The maximum atomic E-state index is 12.1. The molecule has 0 aromatic heterocycles. The Morgan fingerprint density at radius 3 is 2.45 bits per heavy atom. The third-order valence-electron chi connectivity index (χ3n) is 3.14. The lowest BCUT2D eigenvalue weighted by Crippen LogP contribution is -2.23. The Labute approximate surface area is 123 Å². The second kappa shape index (κ2) is 6.44. The molecule has 0 aliphatic heterocycles. The molecule has 0 aliphatic rings. The lowest BCUT2D eigenvalue weighted by atomic mass is 10.1. The number of aryl methyl sites for hydroxylation is 1. The summed E-state index contributed by atoms with van der Waals surface area (Å²) in [4.78, 5) is 12.1. The van der Waals surface area contributed by atoms with E-state index < -0.39 is 0 Å². The van der Waals surface area contributed by atoms with Crippen LogP contribution < -0.4 is 11.1 Å². The summed E-state index contributed by atoms with van der Waals surface area (Å²) in [7, 11) is 0. The summed E-state index contributed by atoms with van der Waals surface area (Å²) in [5, 5.41) is 3.34. The fraction of sp³-hybridized carbons (Fsp3) is 0.188. The van der Waals surface area contributed by atoms with Gasteiger partial charge in [0.15, 0.2) is 0 Å². The Balaban J connectivity index is 2.02. The van der Waals surface area contributed by atoms with Gasteiger partial charge in [-0.25, -0.2) is 0 Å². The maximum absolute atomic E-state index is 12.1. The normalized spacial score (nSPS) is 10.3. The van der Waals surface area contributed by atoms with E-state index in [-0.39, 0.29) is 5.91 Å². The fourth-order valence-corrected chi connectivity index (χ4v) is 2.07. The zero-order valence-electron chi connectivity index (χ0n) is 11.3. The topological polar surface area (TPSA) is 55.1 Å². The number of hydrogen-bond donors (Lipinski definition) is 2. The van der Waals surface area contributed by atoms with E-state index in [0.717, 1.165) is 12.0 Å². The molecule has 0 spiro atoms. The molecule has 0 heterocycles. The van der Waals surface area contributed by atoms with Gasteiger partial charge in [0.05, 0.1) is 5.56 Å². The predicted molar refractivity (Wildman–Crippen MR) is 82.9 cm³/mol. The number of nitrogens with two attached hydrogens (primary N) is 1. The molecule has 0 saturated carbocycles. The third-order valence-corrected chi connectivity index (χ3v) is 3.38. The summed E-state index contributed by atoms with van der Waals surface area (Å²) in [6.07, 6.45) is 1.01. The molecule has 3 N–H and O–H groups in total. The molecule has 2 aromatic carbocycles. The quantitative estimate of drug-likeness (QED) is 0.847. The molecule has 4 heteroatoms. The number of anilines is 1. The van der Waals surface area contributed by atoms with Crippen LogP contribution in [0.1, 0.15) is 28.4 Å². The Kier molecular flexibility index (Phi) is 4.64. The van der Waals surface area contributed by atoms with Crippen LogP contribution in [0.25, 0.3) is 0 Å². The standard InChI is InChI=1S/C16H17ClN2O/c1-2-11-3-5-12(6-4-11)10-19-16(20)14-9-13(17)7-8-15(14)18/h3-9H,2,10,18H2,1H3,(H,19,20). The van der Waals surface area contributed by atoms with Gasteiger partial charge >= 0.3 is 0 Å². The molecule has 0 aliphatic carbocycles. The van der Waals surface area contributed by atoms with Gasteiger partial charge in [-0.3, -0.25) is 4.79 Å². The second-order valence-electron chi connectivity index (χ2n) is 4.58. The number of rotatable bonds is 4. The first kappa shape index (κ1) is 14.4. The first-order valence-electron chi connectivity index (χ1n) is 6.51. The summed E-state index contributed by atoms with van der Waals surface area (Å²) >= 11 is 5.88. The van der Waals surface area contributed by atoms with Gasteiger partial charge in [-0.15, -0.1) is 0 Å². The summed E-state index contributed by atoms with van der Waals surface area (Å²) in [5.74, 6) is -0.218. The van der Waals surface area contributed by atoms with E-state index in [1.54, 1.807) is 18.2 Å². The van der Waals surface area contributed by atoms with E-state index in [1.165, 1.54) is 5.56 Å². The highest BCUT2D eigenvalue weighted by Crippen LogP contribution is 2.17. The van der Waals surface area contributed by atoms with E-state index in [0.29, 0.717) is 22.8 Å². The van der Waals surface area contributed by atoms with Crippen LogP contribution in [0.15, 0.2) is 42.5 Å². The van der Waals surface area contributed by atoms with Crippen molar-refractivity contribution >= 4 is 23.2 Å². The Morgan fingerprint density at radius 1 is 1.15 bits per heavy atom. The predicted octanol–water partition coefficient (Wildman–Crippen LogP) is 3.41. The highest BCUT2D eigenvalue weighted by atomic mass is 35.5. The van der Waals surface area contributed by atoms with Gasteiger partial charge in [0.1, 0.15) is 0 Å². The molecule has 0 radical (unpaired) electrons. The molecule has 20 heavy (non-hydrogen) atoms. The molecule has 0 bridgehead atoms. The molecular formula is C16H17ClN2O. The molecule has 2 rings (SSSR count). The molecule has 3 nitrogen and oxygen atoms in total. The van der Waals surface area contributed by atoms with Crippen molar-refractivity contribution in [1.29, 1.82) is 0 Å². The molecule has 0 saturated heterocycles. The number of halogens is 1. The van der Waals surface area contributed by atoms with Crippen molar-refractivity contribution in [2.45, 2.75) is 19.9 Å². The lowest BCUT2D eigenvalue weighted by Gasteiger charge is -2.08. The van der Waals surface area contributed by atoms with Crippen molar-refractivity contribution in [3.63, 3.8) is 0 Å². The van der Waals surface area contributed by atoms with E-state index in [1.807, 2.05) is 12.1 Å². The van der Waals surface area contributed by atoms with Crippen LogP contribution in [0.2, 0.25) is 5.02 Å². The van der Waals surface area contributed by atoms with Crippen LogP contribution in [-0.4, -0.2) is 5.91 Å². The van der Waals surface area contributed by atoms with Gasteiger partial charge in [0.2, 0.25) is 0 Å². The van der Waals surface area contributed by atoms with Crippen LogP contribution in [0.5, 0.6) is 0 Å². The second-order valence-corrected chi connectivity index (χ2v) is 5.02. The maximum Gasteiger partial charge on any atom is 0.253 e. The number of amides is 1. The molecule has 104 valence electrons. The van der Waals surface area contributed by atoms with Gasteiger partial charge < -0.3 is 11.1 Å². The van der Waals surface area contributed by atoms with Crippen molar-refractivity contribution < 1.29 is 4.79 Å². The highest BCUT2D eigenvalue weighted by molar-refractivity contribution is 6.31. The van der Waals surface area contributed by atoms with Gasteiger partial charge in [0.25, 0.3) is 5.91 Å². The van der Waals surface area contributed by atoms with Gasteiger partial charge in [0, 0.05) is 17.3 Å². The van der Waals surface area contributed by atoms with Crippen molar-refractivity contribution in [3.8, 4) is 0 Å². The van der Waals surface area contributed by atoms with Crippen LogP contribution in [0, 0.1) is 0 Å². The summed E-state index contributed by atoms with van der Waals surface area (Å²) < 4.78 is 0. The van der Waals surface area contributed by atoms with Crippen molar-refractivity contribution in [2.24, 2.45) is 0 Å². The zero-order valence-corrected chi connectivity index (χ0v) is 12.1. The molecule has 0 fully saturated rings. The van der Waals surface area contributed by atoms with Gasteiger partial charge in [-0.1, -0.05) is 42.8 Å². The Hall–Kier alpha value is -2.00. The summed E-state index contributed by atoms with van der Waals surface area (Å²) in [6, 6.07) is 13.0. The number of hydrogen-bond acceptors (Lipinski definition) is 2. The van der Waals surface area contributed by atoms with E-state index in [9.17, 15) is 4.79 Å². The minimum absolute atomic E-state index is 0.218. The Morgan fingerprint density at radius 2 is 1.80 bits per heavy atom. The number of nitrogen functional groups attached to an aromatic ring is 1. The number of nitrogens with one attached hydrogen (secondary N) is 1. The van der Waals surface area contributed by atoms with Crippen molar-refractivity contribution in [1.82, 2.24) is 5.32 Å². The first-order chi connectivity index (χ1) is 9.60. The minimum Gasteiger partial charge on any atom is -0.398 e. The van der Waals surface area contributed by atoms with E-state index in [4.69, 9.17) is 17.3 Å². The SMILES string of the molecule is CCc1ccc(CNC(=O)c2cc(Cl)ccc2N)cc1. The average Bonchev–Trinajstić information content (AvgIpc) is 2.47. The number of carbonyl (C=O) groups is 1. The average molecular weight is 289 g/mol. The van der Waals surface area contributed by atoms with Crippen LogP contribution in [0.4, 0.5) is 5.69 Å². The molecule has 0 unspecified atom stereocenters. The number of carbonyl (C=O) groups excluding carboxylic acids is 1. The smallest absolute Gasteiger partial charge is 0.253 e. The van der Waals surface area contributed by atoms with Crippen molar-refractivity contribution in [3.05, 3.63) is 64.2 Å². The first-order valence-corrected chi connectivity index (χ1v) is 6.89. The Bertz CT molecular complexity index is 608. The summed E-state index contributed by atoms with van der Waals surface area (Å²) in [6.45, 7) is 2.58. The summed E-state index contributed by atoms with van der Waals surface area (Å²) in [5.41, 5.74) is 8.94. The molecular weight excluding hydrogens is 272 g/mol. The van der Waals surface area contributed by atoms with Crippen LogP contribution in [0.3, 0.4) is 0 Å². The van der Waals surface area contributed by atoms with Crippen LogP contribution >= 0.6 is 11.6 Å². The monoisotopic (exact) mass is 288 g/mol. The minimum atomic E-state index is -0.218. The van der Waals surface area contributed by atoms with E-state index in [2.05, 4.69) is 24.4 Å². The fourth-order valence-electron chi connectivity index (χ4n) is 1.90.